The molecule has 4 nitrogen and oxygen atoms in total. The Morgan fingerprint density at radius 3 is 2.22 bits per heavy atom. The summed E-state index contributed by atoms with van der Waals surface area (Å²) in [5, 5.41) is 19.8. The van der Waals surface area contributed by atoms with Crippen LogP contribution in [0.4, 0.5) is 0 Å². The maximum atomic E-state index is 8.49. The lowest BCUT2D eigenvalue weighted by Gasteiger charge is -2.11. The minimum absolute atomic E-state index is 0.0451. The molecule has 0 rings (SSSR count). The molecule has 0 aliphatic carbocycles. The van der Waals surface area contributed by atoms with E-state index in [9.17, 15) is 0 Å². The largest absolute Gasteiger partial charge is 0.395 e. The second-order valence-corrected chi connectivity index (χ2v) is 1.80. The van der Waals surface area contributed by atoms with Gasteiger partial charge in [0.2, 0.25) is 0 Å². The number of nitrogens with two attached hydrogens (primary N) is 1. The predicted molar refractivity (Wildman–Crippen MR) is 35.0 cm³/mol. The molecule has 0 spiro atoms. The van der Waals surface area contributed by atoms with Gasteiger partial charge >= 0.3 is 0 Å². The smallest absolute Gasteiger partial charge is 0.0607 e. The lowest BCUT2D eigenvalue weighted by Crippen LogP contribution is -2.38. The Labute approximate surface area is 54.7 Å². The van der Waals surface area contributed by atoms with Crippen molar-refractivity contribution in [3.8, 4) is 0 Å². The molecule has 0 aromatic rings. The third-order valence-corrected chi connectivity index (χ3v) is 1.02. The van der Waals surface area contributed by atoms with Crippen LogP contribution in [0, 0.1) is 0 Å². The summed E-state index contributed by atoms with van der Waals surface area (Å²) in [5.41, 5.74) is 5.16. The third-order valence-electron chi connectivity index (χ3n) is 1.02. The Morgan fingerprint density at radius 1 is 1.33 bits per heavy atom. The summed E-state index contributed by atoms with van der Waals surface area (Å²) < 4.78 is 0. The van der Waals surface area contributed by atoms with Crippen molar-refractivity contribution in [2.75, 3.05) is 26.3 Å². The van der Waals surface area contributed by atoms with E-state index in [1.807, 2.05) is 0 Å². The number of hydrogen-bond donors (Lipinski definition) is 4. The van der Waals surface area contributed by atoms with Crippen molar-refractivity contribution in [3.63, 3.8) is 0 Å². The van der Waals surface area contributed by atoms with Gasteiger partial charge < -0.3 is 21.3 Å². The molecule has 0 aromatic heterocycles. The van der Waals surface area contributed by atoms with Crippen molar-refractivity contribution >= 4 is 0 Å². The van der Waals surface area contributed by atoms with Gasteiger partial charge in [0.15, 0.2) is 0 Å². The molecule has 0 aliphatic heterocycles. The first-order valence-electron chi connectivity index (χ1n) is 3.00. The molecule has 0 atom stereocenters. The highest BCUT2D eigenvalue weighted by Crippen LogP contribution is 1.75. The molecule has 0 aliphatic rings. The van der Waals surface area contributed by atoms with Gasteiger partial charge in [-0.2, -0.15) is 0 Å². The Bertz CT molecular complexity index is 56.9. The molecule has 0 bridgehead atoms. The molecule has 0 saturated heterocycles. The number of rotatable bonds is 5. The van der Waals surface area contributed by atoms with Crippen molar-refractivity contribution in [1.29, 1.82) is 0 Å². The lowest BCUT2D eigenvalue weighted by atomic mass is 10.3. The molecule has 0 heterocycles. The molecule has 0 amide bonds. The van der Waals surface area contributed by atoms with Gasteiger partial charge in [-0.25, -0.2) is 0 Å². The minimum Gasteiger partial charge on any atom is -0.395 e. The fraction of sp³-hybridized carbons (Fsp3) is 1.00. The van der Waals surface area contributed by atoms with E-state index < -0.39 is 0 Å². The summed E-state index contributed by atoms with van der Waals surface area (Å²) in [7, 11) is 0. The number of hydrogen-bond acceptors (Lipinski definition) is 4. The molecule has 0 saturated carbocycles. The summed E-state index contributed by atoms with van der Waals surface area (Å²) >= 11 is 0. The van der Waals surface area contributed by atoms with Crippen LogP contribution in [0.25, 0.3) is 0 Å². The van der Waals surface area contributed by atoms with Crippen molar-refractivity contribution in [3.05, 3.63) is 0 Å². The van der Waals surface area contributed by atoms with E-state index in [1.165, 1.54) is 0 Å². The SMILES string of the molecule is NCCNC(CO)CO. The Kier molecular flexibility index (Phi) is 5.86. The Morgan fingerprint density at radius 2 is 1.89 bits per heavy atom. The molecular weight excluding hydrogens is 120 g/mol. The van der Waals surface area contributed by atoms with Gasteiger partial charge in [-0.15, -0.1) is 0 Å². The first-order chi connectivity index (χ1) is 4.35. The van der Waals surface area contributed by atoms with E-state index in [4.69, 9.17) is 15.9 Å². The normalized spacial score (nSPS) is 10.7. The van der Waals surface area contributed by atoms with Gasteiger partial charge in [0.25, 0.3) is 0 Å². The predicted octanol–water partition coefficient (Wildman–Crippen LogP) is -2.11. The summed E-state index contributed by atoms with van der Waals surface area (Å²) in [5.74, 6) is 0. The number of aliphatic hydroxyl groups is 2. The zero-order valence-electron chi connectivity index (χ0n) is 5.38. The average Bonchev–Trinajstić information content (AvgIpc) is 1.91. The average molecular weight is 134 g/mol. The molecule has 9 heavy (non-hydrogen) atoms. The van der Waals surface area contributed by atoms with Crippen molar-refractivity contribution < 1.29 is 10.2 Å². The van der Waals surface area contributed by atoms with E-state index in [0.717, 1.165) is 0 Å². The quantitative estimate of drug-likeness (QED) is 0.347. The Hall–Kier alpha value is -0.160. The van der Waals surface area contributed by atoms with Crippen LogP contribution in [-0.4, -0.2) is 42.6 Å². The van der Waals surface area contributed by atoms with E-state index >= 15 is 0 Å². The van der Waals surface area contributed by atoms with Crippen LogP contribution in [0.2, 0.25) is 0 Å². The second-order valence-electron chi connectivity index (χ2n) is 1.80. The maximum Gasteiger partial charge on any atom is 0.0607 e. The van der Waals surface area contributed by atoms with Gasteiger partial charge in [-0.1, -0.05) is 0 Å². The summed E-state index contributed by atoms with van der Waals surface area (Å²) in [6, 6.07) is -0.214. The van der Waals surface area contributed by atoms with E-state index in [0.29, 0.717) is 13.1 Å². The van der Waals surface area contributed by atoms with Crippen LogP contribution in [0.3, 0.4) is 0 Å². The van der Waals surface area contributed by atoms with Crippen molar-refractivity contribution in [1.82, 2.24) is 5.32 Å². The zero-order chi connectivity index (χ0) is 7.11. The maximum absolute atomic E-state index is 8.49. The van der Waals surface area contributed by atoms with Crippen LogP contribution in [0.1, 0.15) is 0 Å². The second kappa shape index (κ2) is 5.97. The van der Waals surface area contributed by atoms with Gasteiger partial charge in [0.1, 0.15) is 0 Å². The molecule has 0 fully saturated rings. The summed E-state index contributed by atoms with van der Waals surface area (Å²) in [6.07, 6.45) is 0. The van der Waals surface area contributed by atoms with Gasteiger partial charge in [-0.3, -0.25) is 0 Å². The highest BCUT2D eigenvalue weighted by atomic mass is 16.3. The first kappa shape index (κ1) is 8.84. The Balaban J connectivity index is 3.09. The molecule has 4 heteroatoms. The van der Waals surface area contributed by atoms with Crippen molar-refractivity contribution in [2.45, 2.75) is 6.04 Å². The minimum atomic E-state index is -0.214. The topological polar surface area (TPSA) is 78.5 Å². The number of nitrogens with one attached hydrogen (secondary N) is 1. The monoisotopic (exact) mass is 134 g/mol. The van der Waals surface area contributed by atoms with E-state index in [2.05, 4.69) is 5.32 Å². The molecule has 5 N–H and O–H groups in total. The van der Waals surface area contributed by atoms with Crippen LogP contribution in [-0.2, 0) is 0 Å². The van der Waals surface area contributed by atoms with Gasteiger partial charge in [-0.05, 0) is 0 Å². The molecular formula is C5H14N2O2. The number of aliphatic hydroxyl groups excluding tert-OH is 2. The van der Waals surface area contributed by atoms with Crippen LogP contribution < -0.4 is 11.1 Å². The fourth-order valence-electron chi connectivity index (χ4n) is 0.474. The summed E-state index contributed by atoms with van der Waals surface area (Å²) in [4.78, 5) is 0. The highest BCUT2D eigenvalue weighted by Gasteiger charge is 2.01. The highest BCUT2D eigenvalue weighted by molar-refractivity contribution is 4.62. The van der Waals surface area contributed by atoms with Gasteiger partial charge in [0.05, 0.1) is 19.3 Å². The molecule has 0 aromatic carbocycles. The molecule has 0 radical (unpaired) electrons. The molecule has 56 valence electrons. The van der Waals surface area contributed by atoms with E-state index in [1.54, 1.807) is 0 Å². The third kappa shape index (κ3) is 4.35. The standard InChI is InChI=1S/C5H14N2O2/c6-1-2-7-5(3-8)4-9/h5,7-9H,1-4,6H2. The lowest BCUT2D eigenvalue weighted by molar-refractivity contribution is 0.172. The first-order valence-corrected chi connectivity index (χ1v) is 3.00. The van der Waals surface area contributed by atoms with Gasteiger partial charge in [0, 0.05) is 13.1 Å². The van der Waals surface area contributed by atoms with E-state index in [-0.39, 0.29) is 19.3 Å². The zero-order valence-corrected chi connectivity index (χ0v) is 5.38. The summed E-state index contributed by atoms with van der Waals surface area (Å²) in [6.45, 7) is 1.06. The van der Waals surface area contributed by atoms with Crippen LogP contribution in [0.5, 0.6) is 0 Å². The van der Waals surface area contributed by atoms with Crippen molar-refractivity contribution in [2.24, 2.45) is 5.73 Å². The van der Waals surface area contributed by atoms with Crippen LogP contribution in [0.15, 0.2) is 0 Å². The fourth-order valence-corrected chi connectivity index (χ4v) is 0.474. The molecule has 0 unspecified atom stereocenters. The van der Waals surface area contributed by atoms with Crippen LogP contribution >= 0.6 is 0 Å².